The number of rotatable bonds is 4. The van der Waals surface area contributed by atoms with Crippen molar-refractivity contribution in [1.29, 1.82) is 0 Å². The van der Waals surface area contributed by atoms with E-state index < -0.39 is 9.84 Å². The second kappa shape index (κ2) is 5.84. The summed E-state index contributed by atoms with van der Waals surface area (Å²) in [5.74, 6) is 0.551. The smallest absolute Gasteiger partial charge is 0.287 e. The SMILES string of the molecule is Cc1cc(C)n(Cc2ccc(C(=O)N[C@@H]3CCS(=O)(=O)C3)o2)n1. The fourth-order valence-corrected chi connectivity index (χ4v) is 4.41. The van der Waals surface area contributed by atoms with Gasteiger partial charge in [0.25, 0.3) is 5.91 Å². The van der Waals surface area contributed by atoms with Gasteiger partial charge in [0.05, 0.1) is 23.7 Å². The first kappa shape index (κ1) is 15.8. The topological polar surface area (TPSA) is 94.2 Å². The number of hydrogen-bond acceptors (Lipinski definition) is 5. The van der Waals surface area contributed by atoms with Crippen LogP contribution in [0.15, 0.2) is 22.6 Å². The number of aryl methyl sites for hydroxylation is 2. The van der Waals surface area contributed by atoms with E-state index in [1.54, 1.807) is 16.8 Å². The van der Waals surface area contributed by atoms with Crippen molar-refractivity contribution in [3.63, 3.8) is 0 Å². The molecule has 1 fully saturated rings. The van der Waals surface area contributed by atoms with Gasteiger partial charge in [-0.1, -0.05) is 0 Å². The van der Waals surface area contributed by atoms with Crippen molar-refractivity contribution in [2.24, 2.45) is 0 Å². The Balaban J connectivity index is 1.64. The molecule has 0 saturated carbocycles. The Hall–Kier alpha value is -2.09. The Bertz CT molecular complexity index is 835. The molecule has 124 valence electrons. The molecule has 8 heteroatoms. The summed E-state index contributed by atoms with van der Waals surface area (Å²) in [7, 11) is -3.02. The third kappa shape index (κ3) is 3.64. The highest BCUT2D eigenvalue weighted by Gasteiger charge is 2.29. The summed E-state index contributed by atoms with van der Waals surface area (Å²) in [6, 6.07) is 4.96. The number of nitrogens with zero attached hydrogens (tertiary/aromatic N) is 2. The minimum absolute atomic E-state index is 0.00192. The second-order valence-corrected chi connectivity index (χ2v) is 8.15. The second-order valence-electron chi connectivity index (χ2n) is 5.92. The van der Waals surface area contributed by atoms with Crippen LogP contribution in [-0.4, -0.2) is 41.7 Å². The van der Waals surface area contributed by atoms with E-state index in [0.717, 1.165) is 11.4 Å². The molecular weight excluding hydrogens is 318 g/mol. The quantitative estimate of drug-likeness (QED) is 0.900. The molecule has 0 aliphatic carbocycles. The predicted octanol–water partition coefficient (Wildman–Crippen LogP) is 1.06. The van der Waals surface area contributed by atoms with Crippen LogP contribution in [0.5, 0.6) is 0 Å². The molecule has 7 nitrogen and oxygen atoms in total. The fraction of sp³-hybridized carbons (Fsp3) is 0.467. The zero-order valence-electron chi connectivity index (χ0n) is 13.1. The molecular formula is C15H19N3O4S. The lowest BCUT2D eigenvalue weighted by atomic mass is 10.2. The summed E-state index contributed by atoms with van der Waals surface area (Å²) >= 11 is 0. The summed E-state index contributed by atoms with van der Waals surface area (Å²) in [5, 5.41) is 7.06. The summed E-state index contributed by atoms with van der Waals surface area (Å²) in [5.41, 5.74) is 1.94. The first-order valence-electron chi connectivity index (χ1n) is 7.43. The average molecular weight is 337 g/mol. The van der Waals surface area contributed by atoms with Crippen molar-refractivity contribution < 1.29 is 17.6 Å². The fourth-order valence-electron chi connectivity index (χ4n) is 2.73. The minimum Gasteiger partial charge on any atom is -0.454 e. The summed E-state index contributed by atoms with van der Waals surface area (Å²) in [4.78, 5) is 12.1. The van der Waals surface area contributed by atoms with Gasteiger partial charge >= 0.3 is 0 Å². The van der Waals surface area contributed by atoms with Crippen molar-refractivity contribution in [2.45, 2.75) is 32.9 Å². The third-order valence-corrected chi connectivity index (χ3v) is 5.63. The van der Waals surface area contributed by atoms with Gasteiger partial charge in [0.2, 0.25) is 0 Å². The molecule has 23 heavy (non-hydrogen) atoms. The van der Waals surface area contributed by atoms with Gasteiger partial charge in [0.15, 0.2) is 15.6 Å². The number of carbonyl (C=O) groups is 1. The maximum Gasteiger partial charge on any atom is 0.287 e. The molecule has 1 saturated heterocycles. The molecule has 3 rings (SSSR count). The first-order valence-corrected chi connectivity index (χ1v) is 9.25. The highest BCUT2D eigenvalue weighted by Crippen LogP contribution is 2.14. The molecule has 1 aliphatic heterocycles. The molecule has 0 bridgehead atoms. The molecule has 1 amide bonds. The van der Waals surface area contributed by atoms with E-state index in [-0.39, 0.29) is 29.2 Å². The van der Waals surface area contributed by atoms with E-state index in [1.807, 2.05) is 19.9 Å². The summed E-state index contributed by atoms with van der Waals surface area (Å²) in [6.07, 6.45) is 0.452. The van der Waals surface area contributed by atoms with Gasteiger partial charge < -0.3 is 9.73 Å². The number of sulfone groups is 1. The molecule has 2 aromatic heterocycles. The van der Waals surface area contributed by atoms with Crippen molar-refractivity contribution in [1.82, 2.24) is 15.1 Å². The number of aromatic nitrogens is 2. The van der Waals surface area contributed by atoms with Crippen LogP contribution in [0.1, 0.15) is 34.1 Å². The van der Waals surface area contributed by atoms with Crippen molar-refractivity contribution in [2.75, 3.05) is 11.5 Å². The third-order valence-electron chi connectivity index (χ3n) is 3.86. The Morgan fingerprint density at radius 2 is 2.22 bits per heavy atom. The number of hydrogen-bond donors (Lipinski definition) is 1. The van der Waals surface area contributed by atoms with Crippen LogP contribution in [0.25, 0.3) is 0 Å². The molecule has 1 aliphatic rings. The molecule has 1 N–H and O–H groups in total. The van der Waals surface area contributed by atoms with E-state index in [1.165, 1.54) is 0 Å². The molecule has 0 unspecified atom stereocenters. The number of furan rings is 1. The number of amides is 1. The highest BCUT2D eigenvalue weighted by atomic mass is 32.2. The van der Waals surface area contributed by atoms with Gasteiger partial charge in [-0.05, 0) is 38.5 Å². The standard InChI is InChI=1S/C15H19N3O4S/c1-10-7-11(2)18(17-10)8-13-3-4-14(22-13)15(19)16-12-5-6-23(20,21)9-12/h3-4,7,12H,5-6,8-9H2,1-2H3,(H,16,19)/t12-/m1/s1. The van der Waals surface area contributed by atoms with Crippen LogP contribution in [0.4, 0.5) is 0 Å². The van der Waals surface area contributed by atoms with Crippen LogP contribution >= 0.6 is 0 Å². The average Bonchev–Trinajstić information content (AvgIpc) is 3.12. The van der Waals surface area contributed by atoms with Crippen molar-refractivity contribution in [3.05, 3.63) is 41.1 Å². The number of carbonyl (C=O) groups excluding carboxylic acids is 1. The van der Waals surface area contributed by atoms with Gasteiger partial charge in [0, 0.05) is 11.7 Å². The largest absolute Gasteiger partial charge is 0.454 e. The van der Waals surface area contributed by atoms with E-state index in [2.05, 4.69) is 10.4 Å². The monoisotopic (exact) mass is 337 g/mol. The lowest BCUT2D eigenvalue weighted by molar-refractivity contribution is 0.0911. The van der Waals surface area contributed by atoms with Gasteiger partial charge in [-0.2, -0.15) is 5.10 Å². The normalized spacial score (nSPS) is 19.8. The molecule has 2 aromatic rings. The van der Waals surface area contributed by atoms with E-state index >= 15 is 0 Å². The van der Waals surface area contributed by atoms with Gasteiger partial charge in [-0.25, -0.2) is 8.42 Å². The summed E-state index contributed by atoms with van der Waals surface area (Å²) < 4.78 is 30.2. The zero-order valence-corrected chi connectivity index (χ0v) is 13.9. The predicted molar refractivity (Wildman–Crippen MR) is 84.0 cm³/mol. The summed E-state index contributed by atoms with van der Waals surface area (Å²) in [6.45, 7) is 4.32. The van der Waals surface area contributed by atoms with Crippen LogP contribution < -0.4 is 5.32 Å². The molecule has 0 spiro atoms. The lowest BCUT2D eigenvalue weighted by Crippen LogP contribution is -2.35. The minimum atomic E-state index is -3.02. The maximum absolute atomic E-state index is 12.1. The maximum atomic E-state index is 12.1. The van der Waals surface area contributed by atoms with Crippen molar-refractivity contribution in [3.8, 4) is 0 Å². The van der Waals surface area contributed by atoms with Gasteiger partial charge in [0.1, 0.15) is 5.76 Å². The van der Waals surface area contributed by atoms with Crippen LogP contribution in [0.2, 0.25) is 0 Å². The zero-order chi connectivity index (χ0) is 16.6. The number of nitrogens with one attached hydrogen (secondary N) is 1. The molecule has 1 atom stereocenters. The van der Waals surface area contributed by atoms with Crippen LogP contribution in [-0.2, 0) is 16.4 Å². The Morgan fingerprint density at radius 3 is 2.83 bits per heavy atom. The Morgan fingerprint density at radius 1 is 1.43 bits per heavy atom. The van der Waals surface area contributed by atoms with Gasteiger partial charge in [-0.15, -0.1) is 0 Å². The van der Waals surface area contributed by atoms with Crippen molar-refractivity contribution >= 4 is 15.7 Å². The van der Waals surface area contributed by atoms with E-state index in [4.69, 9.17) is 4.42 Å². The molecule has 0 radical (unpaired) electrons. The Labute approximate surface area is 134 Å². The first-order chi connectivity index (χ1) is 10.8. The molecule has 0 aromatic carbocycles. The Kier molecular flexibility index (Phi) is 4.01. The lowest BCUT2D eigenvalue weighted by Gasteiger charge is -2.08. The van der Waals surface area contributed by atoms with Crippen LogP contribution in [0.3, 0.4) is 0 Å². The van der Waals surface area contributed by atoms with E-state index in [9.17, 15) is 13.2 Å². The van der Waals surface area contributed by atoms with Crippen LogP contribution in [0, 0.1) is 13.8 Å². The molecule has 3 heterocycles. The van der Waals surface area contributed by atoms with Gasteiger partial charge in [-0.3, -0.25) is 9.48 Å². The highest BCUT2D eigenvalue weighted by molar-refractivity contribution is 7.91. The van der Waals surface area contributed by atoms with E-state index in [0.29, 0.717) is 18.7 Å².